The van der Waals surface area contributed by atoms with Gasteiger partial charge in [-0.2, -0.15) is 13.2 Å². The van der Waals surface area contributed by atoms with Gasteiger partial charge in [-0.3, -0.25) is 0 Å². The van der Waals surface area contributed by atoms with Crippen LogP contribution in [0.2, 0.25) is 0 Å². The molecular formula is C17H16F3NO2. The Balaban J connectivity index is 1.90. The molecule has 0 saturated carbocycles. The highest BCUT2D eigenvalue weighted by atomic mass is 19.4. The molecule has 3 nitrogen and oxygen atoms in total. The van der Waals surface area contributed by atoms with Crippen LogP contribution in [0.3, 0.4) is 0 Å². The van der Waals surface area contributed by atoms with Gasteiger partial charge in [-0.1, -0.05) is 36.4 Å². The number of rotatable bonds is 6. The molecule has 0 aromatic heterocycles. The summed E-state index contributed by atoms with van der Waals surface area (Å²) in [5.74, 6) is 0.627. The Morgan fingerprint density at radius 3 is 2.22 bits per heavy atom. The van der Waals surface area contributed by atoms with Crippen LogP contribution >= 0.6 is 0 Å². The summed E-state index contributed by atoms with van der Waals surface area (Å²) in [6, 6.07) is 12.1. The van der Waals surface area contributed by atoms with Gasteiger partial charge >= 0.3 is 6.18 Å². The Bertz CT molecular complexity index is 634. The van der Waals surface area contributed by atoms with Gasteiger partial charge in [-0.25, -0.2) is 5.48 Å². The predicted octanol–water partition coefficient (Wildman–Crippen LogP) is 4.28. The van der Waals surface area contributed by atoms with Crippen LogP contribution in [0.1, 0.15) is 16.7 Å². The lowest BCUT2D eigenvalue weighted by atomic mass is 10.1. The molecule has 2 N–H and O–H groups in total. The summed E-state index contributed by atoms with van der Waals surface area (Å²) in [6.45, 7) is 0.550. The first-order chi connectivity index (χ1) is 11.0. The van der Waals surface area contributed by atoms with Crippen LogP contribution in [0.4, 0.5) is 13.2 Å². The fraction of sp³-hybridized carbons (Fsp3) is 0.176. The summed E-state index contributed by atoms with van der Waals surface area (Å²) in [5.41, 5.74) is 2.96. The summed E-state index contributed by atoms with van der Waals surface area (Å²) < 4.78 is 42.9. The van der Waals surface area contributed by atoms with Crippen LogP contribution in [-0.4, -0.2) is 11.8 Å². The molecule has 0 bridgehead atoms. The number of ether oxygens (including phenoxy) is 1. The molecule has 2 aromatic rings. The Hall–Kier alpha value is -2.31. The Morgan fingerprint density at radius 1 is 1.00 bits per heavy atom. The van der Waals surface area contributed by atoms with E-state index < -0.39 is 11.7 Å². The van der Waals surface area contributed by atoms with E-state index in [-0.39, 0.29) is 6.61 Å². The molecule has 0 atom stereocenters. The van der Waals surface area contributed by atoms with E-state index in [1.54, 1.807) is 18.2 Å². The van der Waals surface area contributed by atoms with E-state index in [0.29, 0.717) is 17.9 Å². The lowest BCUT2D eigenvalue weighted by Gasteiger charge is -2.09. The first-order valence-corrected chi connectivity index (χ1v) is 6.91. The molecule has 2 aromatic carbocycles. The highest BCUT2D eigenvalue weighted by molar-refractivity contribution is 5.50. The van der Waals surface area contributed by atoms with E-state index >= 15 is 0 Å². The second kappa shape index (κ2) is 7.80. The van der Waals surface area contributed by atoms with Crippen LogP contribution in [0, 0.1) is 0 Å². The van der Waals surface area contributed by atoms with Gasteiger partial charge in [0.2, 0.25) is 0 Å². The second-order valence-electron chi connectivity index (χ2n) is 4.82. The second-order valence-corrected chi connectivity index (χ2v) is 4.82. The predicted molar refractivity (Wildman–Crippen MR) is 81.0 cm³/mol. The van der Waals surface area contributed by atoms with E-state index in [9.17, 15) is 13.2 Å². The molecule has 122 valence electrons. The van der Waals surface area contributed by atoms with Crippen molar-refractivity contribution < 1.29 is 23.1 Å². The van der Waals surface area contributed by atoms with E-state index in [4.69, 9.17) is 9.94 Å². The Labute approximate surface area is 132 Å². The summed E-state index contributed by atoms with van der Waals surface area (Å²) in [5, 5.41) is 8.44. The maximum atomic E-state index is 12.5. The fourth-order valence-corrected chi connectivity index (χ4v) is 1.88. The van der Waals surface area contributed by atoms with Gasteiger partial charge in [0.25, 0.3) is 0 Å². The van der Waals surface area contributed by atoms with Crippen molar-refractivity contribution in [2.45, 2.75) is 12.8 Å². The minimum Gasteiger partial charge on any atom is -0.489 e. The molecule has 0 unspecified atom stereocenters. The molecule has 0 aliphatic heterocycles. The number of benzene rings is 2. The van der Waals surface area contributed by atoms with E-state index in [2.05, 4.69) is 0 Å². The number of halogens is 3. The zero-order valence-electron chi connectivity index (χ0n) is 12.2. The molecule has 0 radical (unpaired) electrons. The molecule has 0 aliphatic rings. The van der Waals surface area contributed by atoms with E-state index in [1.807, 2.05) is 23.7 Å². The van der Waals surface area contributed by atoms with Crippen LogP contribution in [0.25, 0.3) is 6.08 Å². The lowest BCUT2D eigenvalue weighted by molar-refractivity contribution is -0.137. The number of hydrogen-bond donors (Lipinski definition) is 2. The third-order valence-electron chi connectivity index (χ3n) is 3.09. The third kappa shape index (κ3) is 5.43. The average molecular weight is 323 g/mol. The minimum atomic E-state index is -4.33. The molecule has 0 saturated heterocycles. The summed E-state index contributed by atoms with van der Waals surface area (Å²) in [4.78, 5) is 0. The maximum absolute atomic E-state index is 12.5. The van der Waals surface area contributed by atoms with Gasteiger partial charge in [0, 0.05) is 6.54 Å². The zero-order valence-corrected chi connectivity index (χ0v) is 12.2. The highest BCUT2D eigenvalue weighted by Gasteiger charge is 2.29. The average Bonchev–Trinajstić information content (AvgIpc) is 2.54. The van der Waals surface area contributed by atoms with Crippen molar-refractivity contribution in [2.24, 2.45) is 0 Å². The molecule has 2 rings (SSSR count). The van der Waals surface area contributed by atoms with Crippen molar-refractivity contribution in [3.05, 3.63) is 71.3 Å². The fourth-order valence-electron chi connectivity index (χ4n) is 1.88. The molecule has 0 amide bonds. The maximum Gasteiger partial charge on any atom is 0.416 e. The summed E-state index contributed by atoms with van der Waals surface area (Å²) in [7, 11) is 0. The van der Waals surface area contributed by atoms with E-state index in [0.717, 1.165) is 17.7 Å². The largest absolute Gasteiger partial charge is 0.489 e. The van der Waals surface area contributed by atoms with E-state index in [1.165, 1.54) is 12.1 Å². The molecule has 6 heteroatoms. The first-order valence-electron chi connectivity index (χ1n) is 6.91. The summed E-state index contributed by atoms with van der Waals surface area (Å²) in [6.07, 6.45) is -0.727. The number of nitrogens with one attached hydrogen (secondary N) is 1. The molecule has 23 heavy (non-hydrogen) atoms. The van der Waals surface area contributed by atoms with Gasteiger partial charge in [0.15, 0.2) is 0 Å². The molecular weight excluding hydrogens is 307 g/mol. The zero-order chi connectivity index (χ0) is 16.7. The Morgan fingerprint density at radius 2 is 1.65 bits per heavy atom. The molecule has 0 spiro atoms. The molecule has 0 heterocycles. The van der Waals surface area contributed by atoms with Crippen molar-refractivity contribution in [3.63, 3.8) is 0 Å². The minimum absolute atomic E-state index is 0.196. The van der Waals surface area contributed by atoms with Crippen molar-refractivity contribution in [2.75, 3.05) is 6.54 Å². The molecule has 0 fully saturated rings. The Kier molecular flexibility index (Phi) is 5.78. The number of hydroxylamine groups is 1. The van der Waals surface area contributed by atoms with Crippen molar-refractivity contribution in [1.29, 1.82) is 0 Å². The third-order valence-corrected chi connectivity index (χ3v) is 3.09. The summed E-state index contributed by atoms with van der Waals surface area (Å²) >= 11 is 0. The quantitative estimate of drug-likeness (QED) is 0.780. The van der Waals surface area contributed by atoms with Crippen molar-refractivity contribution in [3.8, 4) is 5.75 Å². The van der Waals surface area contributed by atoms with Crippen molar-refractivity contribution >= 4 is 6.08 Å². The van der Waals surface area contributed by atoms with Crippen LogP contribution in [-0.2, 0) is 12.8 Å². The van der Waals surface area contributed by atoms with Gasteiger partial charge in [-0.15, -0.1) is 0 Å². The SMILES string of the molecule is ONCC=Cc1ccc(OCc2ccc(C(F)(F)F)cc2)cc1. The van der Waals surface area contributed by atoms with Gasteiger partial charge < -0.3 is 9.94 Å². The number of hydrogen-bond acceptors (Lipinski definition) is 3. The standard InChI is InChI=1S/C17H16F3NO2/c18-17(19,20)15-7-3-14(4-8-15)12-23-16-9-5-13(6-10-16)2-1-11-21-22/h1-10,21-22H,11-12H2. The first kappa shape index (κ1) is 17.1. The van der Waals surface area contributed by atoms with Crippen LogP contribution in [0.15, 0.2) is 54.6 Å². The van der Waals surface area contributed by atoms with Gasteiger partial charge in [-0.05, 0) is 35.4 Å². The normalized spacial score (nSPS) is 11.8. The number of alkyl halides is 3. The molecule has 0 aliphatic carbocycles. The highest BCUT2D eigenvalue weighted by Crippen LogP contribution is 2.29. The topological polar surface area (TPSA) is 41.5 Å². The monoisotopic (exact) mass is 323 g/mol. The smallest absolute Gasteiger partial charge is 0.416 e. The lowest BCUT2D eigenvalue weighted by Crippen LogP contribution is -2.05. The van der Waals surface area contributed by atoms with Crippen LogP contribution < -0.4 is 10.2 Å². The van der Waals surface area contributed by atoms with Gasteiger partial charge in [0.05, 0.1) is 5.56 Å². The van der Waals surface area contributed by atoms with Gasteiger partial charge in [0.1, 0.15) is 12.4 Å². The van der Waals surface area contributed by atoms with Crippen molar-refractivity contribution in [1.82, 2.24) is 5.48 Å². The van der Waals surface area contributed by atoms with Crippen LogP contribution in [0.5, 0.6) is 5.75 Å².